The predicted molar refractivity (Wildman–Crippen MR) is 128 cm³/mol. The number of nitrogens with zero attached hydrogens (tertiary/aromatic N) is 1. The average Bonchev–Trinajstić information content (AvgIpc) is 2.88. The van der Waals surface area contributed by atoms with E-state index in [2.05, 4.69) is 0 Å². The summed E-state index contributed by atoms with van der Waals surface area (Å²) in [5, 5.41) is 7.12. The van der Waals surface area contributed by atoms with Crippen LogP contribution in [0.25, 0.3) is 0 Å². The van der Waals surface area contributed by atoms with Crippen molar-refractivity contribution in [3.63, 3.8) is 0 Å². The number of methoxy groups -OCH3 is 1. The van der Waals surface area contributed by atoms with Crippen LogP contribution in [0.4, 0.5) is 13.2 Å². The molecule has 0 radical (unpaired) electrons. The number of amides is 1. The van der Waals surface area contributed by atoms with E-state index in [-0.39, 0.29) is 5.91 Å². The van der Waals surface area contributed by atoms with Gasteiger partial charge in [0, 0.05) is 25.2 Å². The fourth-order valence-electron chi connectivity index (χ4n) is 3.06. The van der Waals surface area contributed by atoms with Crippen molar-refractivity contribution in [1.29, 1.82) is 0 Å². The molecule has 3 aromatic rings. The smallest absolute Gasteiger partial charge is 0.490 e. The molecule has 0 aliphatic rings. The van der Waals surface area contributed by atoms with Gasteiger partial charge in [0.1, 0.15) is 6.61 Å². The van der Waals surface area contributed by atoms with Crippen LogP contribution in [-0.2, 0) is 17.9 Å². The summed E-state index contributed by atoms with van der Waals surface area (Å²) in [5.41, 5.74) is 8.42. The molecule has 0 heterocycles. The van der Waals surface area contributed by atoms with E-state index in [0.29, 0.717) is 43.3 Å². The number of carboxylic acid groups (broad SMARTS) is 1. The van der Waals surface area contributed by atoms with Crippen LogP contribution in [0.1, 0.15) is 21.5 Å². The van der Waals surface area contributed by atoms with E-state index < -0.39 is 12.1 Å². The number of carbonyl (C=O) groups excluding carboxylic acids is 1. The summed E-state index contributed by atoms with van der Waals surface area (Å²) in [6.45, 7) is 1.78. The van der Waals surface area contributed by atoms with Crippen molar-refractivity contribution in [2.45, 2.75) is 19.3 Å². The van der Waals surface area contributed by atoms with Crippen LogP contribution in [0.3, 0.4) is 0 Å². The van der Waals surface area contributed by atoms with Gasteiger partial charge in [0.05, 0.1) is 7.11 Å². The van der Waals surface area contributed by atoms with Crippen molar-refractivity contribution in [3.05, 3.63) is 95.6 Å². The number of carbonyl (C=O) groups is 2. The van der Waals surface area contributed by atoms with E-state index in [1.165, 1.54) is 0 Å². The molecule has 192 valence electrons. The number of carboxylic acids is 1. The number of halogens is 3. The number of ether oxygens (including phenoxy) is 2. The molecule has 0 saturated heterocycles. The monoisotopic (exact) mass is 504 g/mol. The fourth-order valence-corrected chi connectivity index (χ4v) is 3.06. The Morgan fingerprint density at radius 1 is 0.917 bits per heavy atom. The van der Waals surface area contributed by atoms with E-state index >= 15 is 0 Å². The maximum absolute atomic E-state index is 12.8. The zero-order valence-electron chi connectivity index (χ0n) is 19.6. The molecule has 36 heavy (non-hydrogen) atoms. The average molecular weight is 505 g/mol. The van der Waals surface area contributed by atoms with Gasteiger partial charge in [0.2, 0.25) is 0 Å². The number of rotatable bonds is 9. The van der Waals surface area contributed by atoms with Crippen LogP contribution in [0, 0.1) is 0 Å². The van der Waals surface area contributed by atoms with Crippen LogP contribution in [0.5, 0.6) is 11.5 Å². The van der Waals surface area contributed by atoms with Gasteiger partial charge in [-0.2, -0.15) is 13.2 Å². The van der Waals surface area contributed by atoms with Crippen molar-refractivity contribution in [2.24, 2.45) is 5.73 Å². The van der Waals surface area contributed by atoms with Crippen LogP contribution < -0.4 is 15.2 Å². The highest BCUT2D eigenvalue weighted by molar-refractivity contribution is 5.94. The van der Waals surface area contributed by atoms with Crippen molar-refractivity contribution in [3.8, 4) is 11.5 Å². The third kappa shape index (κ3) is 8.95. The zero-order valence-corrected chi connectivity index (χ0v) is 19.6. The van der Waals surface area contributed by atoms with Gasteiger partial charge in [-0.1, -0.05) is 54.6 Å². The molecule has 0 spiro atoms. The maximum atomic E-state index is 12.8. The van der Waals surface area contributed by atoms with Gasteiger partial charge in [0.25, 0.3) is 5.91 Å². The number of alkyl halides is 3. The lowest BCUT2D eigenvalue weighted by molar-refractivity contribution is -0.192. The Bertz CT molecular complexity index is 1110. The van der Waals surface area contributed by atoms with Crippen molar-refractivity contribution < 1.29 is 37.3 Å². The Balaban J connectivity index is 0.000000572. The minimum atomic E-state index is -5.08. The molecular formula is C26H27F3N2O5. The molecule has 7 nitrogen and oxygen atoms in total. The van der Waals surface area contributed by atoms with E-state index in [1.807, 2.05) is 78.9 Å². The topological polar surface area (TPSA) is 102 Å². The molecule has 0 aliphatic carbocycles. The Morgan fingerprint density at radius 2 is 1.50 bits per heavy atom. The normalized spacial score (nSPS) is 10.6. The van der Waals surface area contributed by atoms with Gasteiger partial charge in [-0.3, -0.25) is 4.79 Å². The van der Waals surface area contributed by atoms with Crippen LogP contribution in [0.15, 0.2) is 78.9 Å². The van der Waals surface area contributed by atoms with Gasteiger partial charge in [-0.05, 0) is 35.4 Å². The van der Waals surface area contributed by atoms with Crippen LogP contribution >= 0.6 is 0 Å². The molecule has 10 heteroatoms. The summed E-state index contributed by atoms with van der Waals surface area (Å²) in [5.74, 6) is -1.50. The maximum Gasteiger partial charge on any atom is 0.490 e. The van der Waals surface area contributed by atoms with Crippen molar-refractivity contribution in [2.75, 3.05) is 20.2 Å². The third-order valence-corrected chi connectivity index (χ3v) is 4.79. The lowest BCUT2D eigenvalue weighted by Gasteiger charge is -2.23. The predicted octanol–water partition coefficient (Wildman–Crippen LogP) is 4.51. The van der Waals surface area contributed by atoms with E-state index in [9.17, 15) is 18.0 Å². The summed E-state index contributed by atoms with van der Waals surface area (Å²) in [6, 6.07) is 24.9. The summed E-state index contributed by atoms with van der Waals surface area (Å²) in [6.07, 6.45) is -5.08. The van der Waals surface area contributed by atoms with E-state index in [4.69, 9.17) is 25.1 Å². The second-order valence-corrected chi connectivity index (χ2v) is 7.44. The van der Waals surface area contributed by atoms with Crippen molar-refractivity contribution >= 4 is 11.9 Å². The summed E-state index contributed by atoms with van der Waals surface area (Å²) < 4.78 is 43.2. The molecule has 0 aromatic heterocycles. The van der Waals surface area contributed by atoms with Gasteiger partial charge in [-0.15, -0.1) is 0 Å². The third-order valence-electron chi connectivity index (χ3n) is 4.79. The molecule has 0 atom stereocenters. The van der Waals surface area contributed by atoms with Gasteiger partial charge in [0.15, 0.2) is 11.5 Å². The van der Waals surface area contributed by atoms with E-state index in [1.54, 1.807) is 12.0 Å². The molecule has 1 amide bonds. The molecule has 0 saturated carbocycles. The highest BCUT2D eigenvalue weighted by Gasteiger charge is 2.38. The number of aliphatic carboxylic acids is 1. The first kappa shape index (κ1) is 28.2. The molecule has 3 rings (SSSR count). The van der Waals surface area contributed by atoms with Gasteiger partial charge >= 0.3 is 12.1 Å². The quantitative estimate of drug-likeness (QED) is 0.445. The summed E-state index contributed by atoms with van der Waals surface area (Å²) >= 11 is 0. The summed E-state index contributed by atoms with van der Waals surface area (Å²) in [4.78, 5) is 23.5. The minimum Gasteiger partial charge on any atom is -0.493 e. The second kappa shape index (κ2) is 13.7. The van der Waals surface area contributed by atoms with Crippen LogP contribution in [-0.4, -0.2) is 48.3 Å². The van der Waals surface area contributed by atoms with E-state index in [0.717, 1.165) is 11.1 Å². The lowest BCUT2D eigenvalue weighted by atomic mass is 10.1. The van der Waals surface area contributed by atoms with Gasteiger partial charge < -0.3 is 25.2 Å². The molecule has 0 unspecified atom stereocenters. The molecule has 3 aromatic carbocycles. The minimum absolute atomic E-state index is 0.0422. The first-order valence-corrected chi connectivity index (χ1v) is 10.8. The Morgan fingerprint density at radius 3 is 2.03 bits per heavy atom. The number of hydrogen-bond acceptors (Lipinski definition) is 5. The molecular weight excluding hydrogens is 477 g/mol. The first-order chi connectivity index (χ1) is 17.2. The SMILES string of the molecule is COc1cc(CN(CCN)C(=O)c2ccccc2)ccc1OCc1ccccc1.O=C(O)C(F)(F)F. The number of nitrogens with two attached hydrogens (primary N) is 1. The molecule has 0 bridgehead atoms. The fraction of sp³-hybridized carbons (Fsp3) is 0.231. The number of hydrogen-bond donors (Lipinski definition) is 2. The Labute approximate surface area is 206 Å². The highest BCUT2D eigenvalue weighted by Crippen LogP contribution is 2.29. The summed E-state index contributed by atoms with van der Waals surface area (Å²) in [7, 11) is 1.61. The molecule has 3 N–H and O–H groups in total. The second-order valence-electron chi connectivity index (χ2n) is 7.44. The van der Waals surface area contributed by atoms with Crippen LogP contribution in [0.2, 0.25) is 0 Å². The molecule has 0 fully saturated rings. The largest absolute Gasteiger partial charge is 0.493 e. The highest BCUT2D eigenvalue weighted by atomic mass is 19.4. The standard InChI is InChI=1S/C24H26N2O3.C2HF3O2/c1-28-23-16-20(12-13-22(23)29-18-19-8-4-2-5-9-19)17-26(15-14-25)24(27)21-10-6-3-7-11-21;3-2(4,5)1(6)7/h2-13,16H,14-15,17-18,25H2,1H3;(H,6,7). The van der Waals surface area contributed by atoms with Gasteiger partial charge in [-0.25, -0.2) is 4.79 Å². The lowest BCUT2D eigenvalue weighted by Crippen LogP contribution is -2.34. The zero-order chi connectivity index (χ0) is 26.6. The first-order valence-electron chi connectivity index (χ1n) is 10.8. The Hall–Kier alpha value is -4.05. The Kier molecular flexibility index (Phi) is 10.8. The van der Waals surface area contributed by atoms with Crippen molar-refractivity contribution in [1.82, 2.24) is 4.90 Å². The number of benzene rings is 3. The molecule has 0 aliphatic heterocycles.